The van der Waals surface area contributed by atoms with Gasteiger partial charge < -0.3 is 0 Å². The van der Waals surface area contributed by atoms with Crippen molar-refractivity contribution < 1.29 is 0 Å². The smallest absolute Gasteiger partial charge is 0.110 e. The predicted molar refractivity (Wildman–Crippen MR) is 151 cm³/mol. The Morgan fingerprint density at radius 1 is 0.676 bits per heavy atom. The average Bonchev–Trinajstić information content (AvgIpc) is 3.61. The number of rotatable bonds is 1. The number of thiophene rings is 2. The van der Waals surface area contributed by atoms with Crippen molar-refractivity contribution in [3.8, 4) is 28.6 Å². The lowest BCUT2D eigenvalue weighted by molar-refractivity contribution is 1.38. The maximum absolute atomic E-state index is 9.85. The molecule has 0 N–H and O–H groups in total. The minimum Gasteiger partial charge on any atom is -0.299 e. The maximum Gasteiger partial charge on any atom is 0.110 e. The summed E-state index contributed by atoms with van der Waals surface area (Å²) in [6.07, 6.45) is 0. The first-order chi connectivity index (χ1) is 18.2. The van der Waals surface area contributed by atoms with Gasteiger partial charge in [0.2, 0.25) is 0 Å². The maximum atomic E-state index is 9.85. The second kappa shape index (κ2) is 7.06. The van der Waals surface area contributed by atoms with E-state index >= 15 is 0 Å². The van der Waals surface area contributed by atoms with E-state index in [1.165, 1.54) is 48.2 Å². The lowest BCUT2D eigenvalue weighted by Crippen LogP contribution is -1.91. The Hall–Kier alpha value is -4.93. The summed E-state index contributed by atoms with van der Waals surface area (Å²) in [4.78, 5) is 2.07. The number of pyridine rings is 1. The largest absolute Gasteiger partial charge is 0.299 e. The molecule has 0 atom stereocenters. The highest BCUT2D eigenvalue weighted by atomic mass is 32.1. The van der Waals surface area contributed by atoms with E-state index in [1.807, 2.05) is 0 Å². The first-order valence-corrected chi connectivity index (χ1v) is 13.3. The van der Waals surface area contributed by atoms with Crippen LogP contribution >= 0.6 is 22.7 Å². The van der Waals surface area contributed by atoms with Crippen LogP contribution in [0.4, 0.5) is 0 Å². The number of nitrogens with zero attached hydrogens (tertiary/aromatic N) is 4. The van der Waals surface area contributed by atoms with Gasteiger partial charge in [-0.3, -0.25) is 4.40 Å². The SMILES string of the molecule is N#Cc1cc(C#N)c(-c2cc3sc4c(c5cccc6ccc7c8ccccc8n4c7c65)c3s2)c(C#N)c1. The van der Waals surface area contributed by atoms with Crippen molar-refractivity contribution in [2.75, 3.05) is 0 Å². The lowest BCUT2D eigenvalue weighted by atomic mass is 9.98. The molecular formula is C31H12N4S2. The van der Waals surface area contributed by atoms with E-state index < -0.39 is 0 Å². The molecule has 4 heterocycles. The molecule has 168 valence electrons. The number of para-hydroxylation sites is 1. The average molecular weight is 505 g/mol. The molecular weight excluding hydrogens is 493 g/mol. The van der Waals surface area contributed by atoms with E-state index in [-0.39, 0.29) is 0 Å². The minimum atomic E-state index is 0.319. The van der Waals surface area contributed by atoms with Crippen molar-refractivity contribution in [2.45, 2.75) is 0 Å². The molecule has 0 radical (unpaired) electrons. The predicted octanol–water partition coefficient (Wildman–Crippen LogP) is 8.55. The summed E-state index contributed by atoms with van der Waals surface area (Å²) in [5, 5.41) is 36.4. The van der Waals surface area contributed by atoms with Gasteiger partial charge in [-0.1, -0.05) is 48.5 Å². The second-order valence-corrected chi connectivity index (χ2v) is 11.2. The first-order valence-electron chi connectivity index (χ1n) is 11.6. The molecule has 6 heteroatoms. The number of hydrogen-bond donors (Lipinski definition) is 0. The highest BCUT2D eigenvalue weighted by molar-refractivity contribution is 7.34. The van der Waals surface area contributed by atoms with Crippen molar-refractivity contribution in [3.05, 3.63) is 89.5 Å². The Bertz CT molecular complexity index is 2360. The van der Waals surface area contributed by atoms with E-state index in [9.17, 15) is 15.8 Å². The number of benzene rings is 4. The molecule has 0 aliphatic rings. The fourth-order valence-electron chi connectivity index (χ4n) is 5.79. The third-order valence-corrected chi connectivity index (χ3v) is 9.67. The van der Waals surface area contributed by atoms with Gasteiger partial charge in [0.1, 0.15) is 4.83 Å². The lowest BCUT2D eigenvalue weighted by Gasteiger charge is -2.10. The summed E-state index contributed by atoms with van der Waals surface area (Å²) >= 11 is 3.36. The quantitative estimate of drug-likeness (QED) is 0.225. The summed E-state index contributed by atoms with van der Waals surface area (Å²) in [6.45, 7) is 0. The zero-order valence-corrected chi connectivity index (χ0v) is 20.7. The molecule has 0 unspecified atom stereocenters. The molecule has 0 aliphatic carbocycles. The van der Waals surface area contributed by atoms with Crippen LogP contribution in [0.2, 0.25) is 0 Å². The van der Waals surface area contributed by atoms with Crippen molar-refractivity contribution in [2.24, 2.45) is 0 Å². The molecule has 8 aromatic rings. The molecule has 0 bridgehead atoms. The Kier molecular flexibility index (Phi) is 3.87. The second-order valence-electron chi connectivity index (χ2n) is 9.09. The summed E-state index contributed by atoms with van der Waals surface area (Å²) in [7, 11) is 0. The van der Waals surface area contributed by atoms with Crippen LogP contribution in [0.3, 0.4) is 0 Å². The Morgan fingerprint density at radius 3 is 2.24 bits per heavy atom. The van der Waals surface area contributed by atoms with E-state index in [4.69, 9.17) is 0 Å². The summed E-state index contributed by atoms with van der Waals surface area (Å²) < 4.78 is 4.69. The van der Waals surface area contributed by atoms with Crippen LogP contribution in [0, 0.1) is 34.0 Å². The van der Waals surface area contributed by atoms with Crippen LogP contribution in [0.1, 0.15) is 16.7 Å². The van der Waals surface area contributed by atoms with Gasteiger partial charge in [-0.2, -0.15) is 15.8 Å². The number of aromatic nitrogens is 1. The third kappa shape index (κ3) is 2.47. The third-order valence-electron chi connectivity index (χ3n) is 7.25. The van der Waals surface area contributed by atoms with E-state index in [1.54, 1.807) is 34.8 Å². The van der Waals surface area contributed by atoms with E-state index in [2.05, 4.69) is 83.3 Å². The summed E-state index contributed by atoms with van der Waals surface area (Å²) in [5.41, 5.74) is 4.07. The minimum absolute atomic E-state index is 0.319. The van der Waals surface area contributed by atoms with Crippen LogP contribution in [-0.2, 0) is 0 Å². The Morgan fingerprint density at radius 2 is 1.46 bits per heavy atom. The van der Waals surface area contributed by atoms with Crippen molar-refractivity contribution in [1.82, 2.24) is 4.40 Å². The number of nitriles is 3. The Balaban J connectivity index is 1.57. The monoisotopic (exact) mass is 504 g/mol. The van der Waals surface area contributed by atoms with Gasteiger partial charge in [0.05, 0.1) is 50.6 Å². The van der Waals surface area contributed by atoms with Gasteiger partial charge >= 0.3 is 0 Å². The summed E-state index contributed by atoms with van der Waals surface area (Å²) in [6, 6.07) is 31.2. The van der Waals surface area contributed by atoms with Crippen LogP contribution in [0.25, 0.3) is 68.0 Å². The highest BCUT2D eigenvalue weighted by Gasteiger charge is 2.23. The molecule has 0 saturated heterocycles. The van der Waals surface area contributed by atoms with Crippen molar-refractivity contribution in [1.29, 1.82) is 15.8 Å². The van der Waals surface area contributed by atoms with Gasteiger partial charge in [0.15, 0.2) is 0 Å². The standard InChI is InChI=1S/C31H12N4S2/c32-13-16-10-18(14-33)26(19(11-16)15-34)24-12-25-30(36-24)28-22-6-3-4-17-8-9-21-20-5-1-2-7-23(20)35(31(28)37-25)29(21)27(17)22/h1-12H. The van der Waals surface area contributed by atoms with Gasteiger partial charge in [-0.05, 0) is 35.0 Å². The molecule has 0 fully saturated rings. The van der Waals surface area contributed by atoms with Crippen LogP contribution in [0.15, 0.2) is 72.8 Å². The van der Waals surface area contributed by atoms with Crippen LogP contribution in [0.5, 0.6) is 0 Å². The topological polar surface area (TPSA) is 75.8 Å². The molecule has 4 aromatic heterocycles. The first kappa shape index (κ1) is 20.3. The molecule has 0 amide bonds. The van der Waals surface area contributed by atoms with Gasteiger partial charge in [-0.15, -0.1) is 22.7 Å². The van der Waals surface area contributed by atoms with Crippen molar-refractivity contribution in [3.63, 3.8) is 0 Å². The molecule has 0 spiro atoms. The van der Waals surface area contributed by atoms with Gasteiger partial charge in [-0.25, -0.2) is 0 Å². The van der Waals surface area contributed by atoms with E-state index in [0.717, 1.165) is 14.3 Å². The summed E-state index contributed by atoms with van der Waals surface area (Å²) in [5.74, 6) is 0. The van der Waals surface area contributed by atoms with Crippen molar-refractivity contribution >= 4 is 80.3 Å². The van der Waals surface area contributed by atoms with Gasteiger partial charge in [0, 0.05) is 36.7 Å². The molecule has 8 rings (SSSR count). The molecule has 4 nitrogen and oxygen atoms in total. The normalized spacial score (nSPS) is 11.7. The number of hydrogen-bond acceptors (Lipinski definition) is 5. The van der Waals surface area contributed by atoms with Crippen LogP contribution < -0.4 is 0 Å². The van der Waals surface area contributed by atoms with E-state index in [0.29, 0.717) is 22.3 Å². The Labute approximate surface area is 218 Å². The van der Waals surface area contributed by atoms with Gasteiger partial charge in [0.25, 0.3) is 0 Å². The molecule has 0 saturated carbocycles. The fraction of sp³-hybridized carbons (Fsp3) is 0. The zero-order chi connectivity index (χ0) is 24.8. The molecule has 4 aromatic carbocycles. The van der Waals surface area contributed by atoms with Crippen LogP contribution in [-0.4, -0.2) is 4.40 Å². The molecule has 37 heavy (non-hydrogen) atoms. The zero-order valence-electron chi connectivity index (χ0n) is 19.0. The fourth-order valence-corrected chi connectivity index (χ4v) is 8.54. The highest BCUT2D eigenvalue weighted by Crippen LogP contribution is 2.50. The molecule has 0 aliphatic heterocycles. The number of fused-ring (bicyclic) bond motifs is 8.